The molecule has 0 radical (unpaired) electrons. The fourth-order valence-corrected chi connectivity index (χ4v) is 3.09. The van der Waals surface area contributed by atoms with E-state index >= 15 is 0 Å². The number of nitriles is 1. The van der Waals surface area contributed by atoms with Gasteiger partial charge in [-0.25, -0.2) is 0 Å². The molecule has 1 aromatic heterocycles. The molecule has 0 bridgehead atoms. The Hall–Kier alpha value is -2.74. The van der Waals surface area contributed by atoms with E-state index in [1.165, 1.54) is 12.5 Å². The lowest BCUT2D eigenvalue weighted by molar-refractivity contribution is -0.117. The topological polar surface area (TPSA) is 75.3 Å². The van der Waals surface area contributed by atoms with Crippen LogP contribution in [0.1, 0.15) is 37.9 Å². The minimum Gasteiger partial charge on any atom is -0.493 e. The zero-order chi connectivity index (χ0) is 16.9. The number of ether oxygens (including phenoxy) is 1. The van der Waals surface area contributed by atoms with Gasteiger partial charge in [0.15, 0.2) is 11.3 Å². The molecule has 1 fully saturated rings. The fraction of sp³-hybridized carbons (Fsp3) is 0.368. The van der Waals surface area contributed by atoms with E-state index in [-0.39, 0.29) is 17.5 Å². The second-order valence-electron chi connectivity index (χ2n) is 6.01. The maximum atomic E-state index is 12.3. The van der Waals surface area contributed by atoms with Gasteiger partial charge in [0.05, 0.1) is 7.11 Å². The summed E-state index contributed by atoms with van der Waals surface area (Å²) in [5.41, 5.74) is 0.662. The molecule has 1 heterocycles. The predicted octanol–water partition coefficient (Wildman–Crippen LogP) is 3.80. The third kappa shape index (κ3) is 3.43. The summed E-state index contributed by atoms with van der Waals surface area (Å²) in [5, 5.41) is 13.1. The van der Waals surface area contributed by atoms with Crippen LogP contribution in [0, 0.1) is 11.3 Å². The smallest absolute Gasteiger partial charge is 0.262 e. The highest BCUT2D eigenvalue weighted by molar-refractivity contribution is 6.02. The van der Waals surface area contributed by atoms with Gasteiger partial charge < -0.3 is 14.5 Å². The summed E-state index contributed by atoms with van der Waals surface area (Å²) in [4.78, 5) is 12.3. The van der Waals surface area contributed by atoms with Gasteiger partial charge in [-0.2, -0.15) is 5.26 Å². The molecule has 1 amide bonds. The Labute approximate surface area is 140 Å². The van der Waals surface area contributed by atoms with Crippen LogP contribution in [0.2, 0.25) is 0 Å². The number of carbonyl (C=O) groups is 1. The Morgan fingerprint density at radius 1 is 1.38 bits per heavy atom. The van der Waals surface area contributed by atoms with Gasteiger partial charge in [0.25, 0.3) is 5.91 Å². The van der Waals surface area contributed by atoms with Crippen molar-refractivity contribution in [2.24, 2.45) is 0 Å². The molecule has 2 aromatic rings. The average molecular weight is 324 g/mol. The lowest BCUT2D eigenvalue weighted by Gasteiger charge is -2.22. The number of amides is 1. The SMILES string of the molecule is COc1cccc2cc(/C=C(\C#N)C(=O)NC3CCCCC3)oc12. The van der Waals surface area contributed by atoms with Crippen LogP contribution < -0.4 is 10.1 Å². The minimum absolute atomic E-state index is 0.0543. The molecule has 1 aliphatic carbocycles. The normalized spacial score (nSPS) is 15.9. The van der Waals surface area contributed by atoms with E-state index < -0.39 is 0 Å². The molecule has 1 aliphatic rings. The predicted molar refractivity (Wildman–Crippen MR) is 91.4 cm³/mol. The lowest BCUT2D eigenvalue weighted by atomic mass is 9.95. The molecule has 0 aliphatic heterocycles. The summed E-state index contributed by atoms with van der Waals surface area (Å²) in [7, 11) is 1.57. The molecule has 1 aromatic carbocycles. The van der Waals surface area contributed by atoms with Crippen molar-refractivity contribution in [3.63, 3.8) is 0 Å². The molecule has 1 N–H and O–H groups in total. The number of fused-ring (bicyclic) bond motifs is 1. The van der Waals surface area contributed by atoms with Gasteiger partial charge in [0.2, 0.25) is 0 Å². The molecule has 0 unspecified atom stereocenters. The van der Waals surface area contributed by atoms with Crippen LogP contribution in [0.5, 0.6) is 5.75 Å². The van der Waals surface area contributed by atoms with E-state index in [0.717, 1.165) is 31.1 Å². The summed E-state index contributed by atoms with van der Waals surface area (Å²) < 4.78 is 11.0. The molecule has 5 heteroatoms. The van der Waals surface area contributed by atoms with E-state index in [0.29, 0.717) is 17.1 Å². The van der Waals surface area contributed by atoms with Gasteiger partial charge in [-0.3, -0.25) is 4.79 Å². The fourth-order valence-electron chi connectivity index (χ4n) is 3.09. The highest BCUT2D eigenvalue weighted by Crippen LogP contribution is 2.29. The Morgan fingerprint density at radius 3 is 2.88 bits per heavy atom. The van der Waals surface area contributed by atoms with Crippen LogP contribution in [0.3, 0.4) is 0 Å². The molecule has 124 valence electrons. The van der Waals surface area contributed by atoms with Crippen molar-refractivity contribution in [1.82, 2.24) is 5.32 Å². The van der Waals surface area contributed by atoms with E-state index in [2.05, 4.69) is 5.32 Å². The van der Waals surface area contributed by atoms with Crippen molar-refractivity contribution in [3.05, 3.63) is 35.6 Å². The van der Waals surface area contributed by atoms with Crippen LogP contribution in [0.4, 0.5) is 0 Å². The van der Waals surface area contributed by atoms with Gasteiger partial charge in [0.1, 0.15) is 17.4 Å². The molecule has 0 spiro atoms. The van der Waals surface area contributed by atoms with Gasteiger partial charge in [-0.1, -0.05) is 31.4 Å². The highest BCUT2D eigenvalue weighted by Gasteiger charge is 2.18. The Bertz CT molecular complexity index is 808. The van der Waals surface area contributed by atoms with Crippen LogP contribution in [0.25, 0.3) is 17.0 Å². The second-order valence-corrected chi connectivity index (χ2v) is 6.01. The number of nitrogens with zero attached hydrogens (tertiary/aromatic N) is 1. The Morgan fingerprint density at radius 2 is 2.17 bits per heavy atom. The van der Waals surface area contributed by atoms with E-state index in [1.807, 2.05) is 18.2 Å². The van der Waals surface area contributed by atoms with Crippen molar-refractivity contribution in [2.45, 2.75) is 38.1 Å². The quantitative estimate of drug-likeness (QED) is 0.685. The molecule has 0 atom stereocenters. The van der Waals surface area contributed by atoms with Crippen LogP contribution in [0.15, 0.2) is 34.3 Å². The van der Waals surface area contributed by atoms with Crippen molar-refractivity contribution in [3.8, 4) is 11.8 Å². The van der Waals surface area contributed by atoms with E-state index in [9.17, 15) is 10.1 Å². The molecular weight excluding hydrogens is 304 g/mol. The number of benzene rings is 1. The molecular formula is C19H20N2O3. The highest BCUT2D eigenvalue weighted by atomic mass is 16.5. The van der Waals surface area contributed by atoms with Crippen LogP contribution in [-0.4, -0.2) is 19.1 Å². The standard InChI is InChI=1S/C19H20N2O3/c1-23-17-9-5-6-13-10-16(24-18(13)17)11-14(12-20)19(22)21-15-7-3-2-4-8-15/h5-6,9-11,15H,2-4,7-8H2,1H3,(H,21,22)/b14-11+. The maximum Gasteiger partial charge on any atom is 0.262 e. The first kappa shape index (κ1) is 16.1. The first-order valence-corrected chi connectivity index (χ1v) is 8.20. The number of methoxy groups -OCH3 is 1. The molecule has 3 rings (SSSR count). The summed E-state index contributed by atoms with van der Waals surface area (Å²) in [5.74, 6) is 0.749. The second kappa shape index (κ2) is 7.22. The number of furan rings is 1. The number of hydrogen-bond donors (Lipinski definition) is 1. The Kier molecular flexibility index (Phi) is 4.85. The van der Waals surface area contributed by atoms with Crippen molar-refractivity contribution in [1.29, 1.82) is 5.26 Å². The van der Waals surface area contributed by atoms with Crippen LogP contribution >= 0.6 is 0 Å². The number of hydrogen-bond acceptors (Lipinski definition) is 4. The Balaban J connectivity index is 1.82. The number of carbonyl (C=O) groups excluding carboxylic acids is 1. The number of nitrogens with one attached hydrogen (secondary N) is 1. The van der Waals surface area contributed by atoms with E-state index in [4.69, 9.17) is 9.15 Å². The average Bonchev–Trinajstić information content (AvgIpc) is 3.03. The first-order valence-electron chi connectivity index (χ1n) is 8.20. The van der Waals surface area contributed by atoms with Crippen molar-refractivity contribution >= 4 is 23.0 Å². The zero-order valence-corrected chi connectivity index (χ0v) is 13.7. The molecule has 0 saturated heterocycles. The minimum atomic E-state index is -0.336. The summed E-state index contributed by atoms with van der Waals surface area (Å²) in [6.07, 6.45) is 6.91. The van der Waals surface area contributed by atoms with Gasteiger partial charge in [-0.15, -0.1) is 0 Å². The van der Waals surface area contributed by atoms with Gasteiger partial charge in [0, 0.05) is 17.5 Å². The maximum absolute atomic E-state index is 12.3. The third-order valence-corrected chi connectivity index (χ3v) is 4.34. The van der Waals surface area contributed by atoms with Gasteiger partial charge in [-0.05, 0) is 25.0 Å². The summed E-state index contributed by atoms with van der Waals surface area (Å²) in [6.45, 7) is 0. The van der Waals surface area contributed by atoms with Gasteiger partial charge >= 0.3 is 0 Å². The summed E-state index contributed by atoms with van der Waals surface area (Å²) in [6, 6.07) is 9.50. The first-order chi connectivity index (χ1) is 11.7. The van der Waals surface area contributed by atoms with Crippen molar-refractivity contribution in [2.75, 3.05) is 7.11 Å². The van der Waals surface area contributed by atoms with Crippen LogP contribution in [-0.2, 0) is 4.79 Å². The third-order valence-electron chi connectivity index (χ3n) is 4.34. The zero-order valence-electron chi connectivity index (χ0n) is 13.7. The number of rotatable bonds is 4. The largest absolute Gasteiger partial charge is 0.493 e. The van der Waals surface area contributed by atoms with Crippen molar-refractivity contribution < 1.29 is 13.9 Å². The number of para-hydroxylation sites is 1. The lowest BCUT2D eigenvalue weighted by Crippen LogP contribution is -2.36. The molecule has 5 nitrogen and oxygen atoms in total. The molecule has 24 heavy (non-hydrogen) atoms. The monoisotopic (exact) mass is 324 g/mol. The summed E-state index contributed by atoms with van der Waals surface area (Å²) >= 11 is 0. The molecule has 1 saturated carbocycles. The van der Waals surface area contributed by atoms with E-state index in [1.54, 1.807) is 19.2 Å².